The second kappa shape index (κ2) is 10.1. The van der Waals surface area contributed by atoms with Crippen LogP contribution >= 0.6 is 0 Å². The lowest BCUT2D eigenvalue weighted by molar-refractivity contribution is -0.163. The zero-order chi connectivity index (χ0) is 25.2. The summed E-state index contributed by atoms with van der Waals surface area (Å²) < 4.78 is 11.0. The van der Waals surface area contributed by atoms with E-state index in [1.165, 1.54) is 12.0 Å². The number of fused-ring (bicyclic) bond motifs is 3. The molecule has 2 N–H and O–H groups in total. The van der Waals surface area contributed by atoms with Crippen molar-refractivity contribution in [2.45, 2.75) is 56.7 Å². The number of nitrogens with zero attached hydrogens (tertiary/aromatic N) is 1. The highest BCUT2D eigenvalue weighted by Gasteiger charge is 2.47. The third-order valence-corrected chi connectivity index (χ3v) is 7.34. The minimum absolute atomic E-state index is 0.110. The van der Waals surface area contributed by atoms with Crippen molar-refractivity contribution in [2.75, 3.05) is 20.3 Å². The fraction of sp³-hybridized carbons (Fsp3) is 0.444. The molecule has 2 aromatic carbocycles. The van der Waals surface area contributed by atoms with E-state index in [1.807, 2.05) is 36.4 Å². The van der Waals surface area contributed by atoms with Gasteiger partial charge in [0.05, 0.1) is 6.10 Å². The first-order valence-electron chi connectivity index (χ1n) is 12.0. The van der Waals surface area contributed by atoms with Gasteiger partial charge in [-0.15, -0.1) is 0 Å². The molecule has 8 nitrogen and oxygen atoms in total. The van der Waals surface area contributed by atoms with Crippen LogP contribution in [0.5, 0.6) is 0 Å². The number of carbonyl (C=O) groups is 3. The molecule has 3 unspecified atom stereocenters. The number of carbonyl (C=O) groups excluding carboxylic acids is 2. The first-order valence-corrected chi connectivity index (χ1v) is 12.0. The van der Waals surface area contributed by atoms with Gasteiger partial charge in [0.15, 0.2) is 0 Å². The Balaban J connectivity index is 1.48. The summed E-state index contributed by atoms with van der Waals surface area (Å²) in [5.41, 5.74) is 3.09. The second-order valence-electron chi connectivity index (χ2n) is 9.41. The molecule has 8 heteroatoms. The molecule has 4 rings (SSSR count). The summed E-state index contributed by atoms with van der Waals surface area (Å²) in [7, 11) is 1.44. The van der Waals surface area contributed by atoms with E-state index in [9.17, 15) is 19.5 Å². The number of methoxy groups -OCH3 is 1. The molecule has 1 aliphatic carbocycles. The third kappa shape index (κ3) is 4.62. The Morgan fingerprint density at radius 3 is 2.26 bits per heavy atom. The average molecular weight is 481 g/mol. The van der Waals surface area contributed by atoms with E-state index >= 15 is 0 Å². The zero-order valence-corrected chi connectivity index (χ0v) is 20.3. The lowest BCUT2D eigenvalue weighted by Crippen LogP contribution is -2.63. The number of nitrogens with one attached hydrogen (secondary N) is 1. The van der Waals surface area contributed by atoms with Crippen LogP contribution in [-0.2, 0) is 19.1 Å². The van der Waals surface area contributed by atoms with Gasteiger partial charge in [0, 0.05) is 19.6 Å². The number of rotatable bonds is 7. The molecule has 2 aromatic rings. The minimum atomic E-state index is -1.33. The molecule has 35 heavy (non-hydrogen) atoms. The first-order chi connectivity index (χ1) is 16.8. The van der Waals surface area contributed by atoms with E-state index in [-0.39, 0.29) is 12.5 Å². The molecule has 186 valence electrons. The van der Waals surface area contributed by atoms with Crippen molar-refractivity contribution in [3.8, 4) is 11.1 Å². The molecule has 1 heterocycles. The number of piperidine rings is 1. The molecule has 1 saturated heterocycles. The van der Waals surface area contributed by atoms with E-state index in [1.54, 1.807) is 13.8 Å². The van der Waals surface area contributed by atoms with E-state index < -0.39 is 35.7 Å². The largest absolute Gasteiger partial charge is 0.480 e. The fourth-order valence-electron chi connectivity index (χ4n) is 5.15. The van der Waals surface area contributed by atoms with E-state index in [0.29, 0.717) is 19.4 Å². The van der Waals surface area contributed by atoms with Crippen LogP contribution in [0.2, 0.25) is 0 Å². The summed E-state index contributed by atoms with van der Waals surface area (Å²) in [4.78, 5) is 39.7. The van der Waals surface area contributed by atoms with Crippen LogP contribution in [0.3, 0.4) is 0 Å². The fourth-order valence-corrected chi connectivity index (χ4v) is 5.15. The number of alkyl carbamates (subject to hydrolysis) is 1. The summed E-state index contributed by atoms with van der Waals surface area (Å²) >= 11 is 0. The number of aliphatic carboxylic acids is 1. The molecule has 0 spiro atoms. The maximum absolute atomic E-state index is 13.5. The summed E-state index contributed by atoms with van der Waals surface area (Å²) in [6.45, 7) is 3.63. The number of carboxylic acid groups (broad SMARTS) is 1. The van der Waals surface area contributed by atoms with Crippen LogP contribution in [0.15, 0.2) is 48.5 Å². The van der Waals surface area contributed by atoms with Gasteiger partial charge in [-0.05, 0) is 55.4 Å². The molecular weight excluding hydrogens is 448 g/mol. The van der Waals surface area contributed by atoms with Gasteiger partial charge in [-0.3, -0.25) is 4.79 Å². The van der Waals surface area contributed by atoms with Crippen molar-refractivity contribution in [1.29, 1.82) is 0 Å². The highest BCUT2D eigenvalue weighted by atomic mass is 16.5. The molecule has 0 aromatic heterocycles. The van der Waals surface area contributed by atoms with Crippen LogP contribution in [0.1, 0.15) is 50.2 Å². The van der Waals surface area contributed by atoms with E-state index in [4.69, 9.17) is 9.47 Å². The predicted octanol–water partition coefficient (Wildman–Crippen LogP) is 3.78. The Morgan fingerprint density at radius 1 is 1.09 bits per heavy atom. The van der Waals surface area contributed by atoms with Crippen molar-refractivity contribution >= 4 is 18.0 Å². The predicted molar refractivity (Wildman–Crippen MR) is 130 cm³/mol. The van der Waals surface area contributed by atoms with Crippen LogP contribution < -0.4 is 5.32 Å². The van der Waals surface area contributed by atoms with Crippen molar-refractivity contribution < 1.29 is 29.0 Å². The van der Waals surface area contributed by atoms with Crippen LogP contribution in [-0.4, -0.2) is 65.9 Å². The molecule has 1 fully saturated rings. The van der Waals surface area contributed by atoms with Crippen molar-refractivity contribution in [3.05, 3.63) is 59.7 Å². The smallest absolute Gasteiger partial charge is 0.407 e. The molecule has 0 radical (unpaired) electrons. The van der Waals surface area contributed by atoms with Crippen LogP contribution in [0.25, 0.3) is 11.1 Å². The lowest BCUT2D eigenvalue weighted by Gasteiger charge is -2.43. The molecule has 2 aliphatic rings. The Labute approximate surface area is 205 Å². The van der Waals surface area contributed by atoms with Gasteiger partial charge >= 0.3 is 12.1 Å². The number of ether oxygens (including phenoxy) is 2. The van der Waals surface area contributed by atoms with Gasteiger partial charge in [-0.2, -0.15) is 0 Å². The summed E-state index contributed by atoms with van der Waals surface area (Å²) in [6.07, 6.45) is 0.351. The Hall–Kier alpha value is -3.39. The van der Waals surface area contributed by atoms with Crippen LogP contribution in [0, 0.1) is 0 Å². The normalized spacial score (nSPS) is 20.9. The first kappa shape index (κ1) is 24.7. The van der Waals surface area contributed by atoms with Crippen molar-refractivity contribution in [1.82, 2.24) is 10.2 Å². The van der Waals surface area contributed by atoms with Crippen molar-refractivity contribution in [3.63, 3.8) is 0 Å². The van der Waals surface area contributed by atoms with Gasteiger partial charge in [0.25, 0.3) is 0 Å². The molecule has 0 bridgehead atoms. The highest BCUT2D eigenvalue weighted by Crippen LogP contribution is 2.44. The lowest BCUT2D eigenvalue weighted by atomic mass is 9.87. The Bertz CT molecular complexity index is 1070. The SMILES string of the molecule is COC(C)C(NC(=O)OCC1c2ccccc2-c2ccccc21)C(=O)N1CCCCC1(C)C(=O)O. The number of hydrogen-bond acceptors (Lipinski definition) is 5. The van der Waals surface area contributed by atoms with Crippen LogP contribution in [0.4, 0.5) is 4.79 Å². The third-order valence-electron chi connectivity index (χ3n) is 7.34. The number of amides is 2. The van der Waals surface area contributed by atoms with E-state index in [0.717, 1.165) is 28.7 Å². The molecule has 3 atom stereocenters. The van der Waals surface area contributed by atoms with Gasteiger partial charge in [-0.25, -0.2) is 9.59 Å². The summed E-state index contributed by atoms with van der Waals surface area (Å²) in [6, 6.07) is 15.0. The molecular formula is C27H32N2O6. The number of benzene rings is 2. The number of hydrogen-bond donors (Lipinski definition) is 2. The minimum Gasteiger partial charge on any atom is -0.480 e. The summed E-state index contributed by atoms with van der Waals surface area (Å²) in [5, 5.41) is 12.4. The number of carboxylic acids is 1. The van der Waals surface area contributed by atoms with Gasteiger partial charge in [0.2, 0.25) is 5.91 Å². The Kier molecular flexibility index (Phi) is 7.12. The second-order valence-corrected chi connectivity index (χ2v) is 9.41. The zero-order valence-electron chi connectivity index (χ0n) is 20.3. The Morgan fingerprint density at radius 2 is 1.69 bits per heavy atom. The van der Waals surface area contributed by atoms with Gasteiger partial charge in [-0.1, -0.05) is 48.5 Å². The molecule has 0 saturated carbocycles. The molecule has 1 aliphatic heterocycles. The van der Waals surface area contributed by atoms with E-state index in [2.05, 4.69) is 17.4 Å². The monoisotopic (exact) mass is 480 g/mol. The standard InChI is InChI=1S/C27H32N2O6/c1-17(34-3)23(24(30)29-15-9-8-14-27(29,2)25(31)32)28-26(33)35-16-22-20-12-6-4-10-18(20)19-11-5-7-13-21(19)22/h4-7,10-13,17,22-23H,8-9,14-16H2,1-3H3,(H,28,33)(H,31,32). The summed E-state index contributed by atoms with van der Waals surface area (Å²) in [5.74, 6) is -1.66. The maximum atomic E-state index is 13.5. The van der Waals surface area contributed by atoms with Gasteiger partial charge < -0.3 is 24.8 Å². The average Bonchev–Trinajstić information content (AvgIpc) is 3.19. The maximum Gasteiger partial charge on any atom is 0.407 e. The quantitative estimate of drug-likeness (QED) is 0.625. The van der Waals surface area contributed by atoms with Crippen molar-refractivity contribution in [2.24, 2.45) is 0 Å². The topological polar surface area (TPSA) is 105 Å². The molecule has 2 amide bonds. The number of likely N-dealkylation sites (tertiary alicyclic amines) is 1. The van der Waals surface area contributed by atoms with Gasteiger partial charge in [0.1, 0.15) is 18.2 Å². The highest BCUT2D eigenvalue weighted by molar-refractivity contribution is 5.92.